The molecule has 3 fully saturated rings. The average Bonchev–Trinajstić information content (AvgIpc) is 3.38. The van der Waals surface area contributed by atoms with Crippen LogP contribution in [0.4, 0.5) is 0 Å². The maximum atomic E-state index is 13.0. The normalized spacial score (nSPS) is 43.3. The van der Waals surface area contributed by atoms with Gasteiger partial charge in [0.05, 0.1) is 0 Å². The summed E-state index contributed by atoms with van der Waals surface area (Å²) in [5.74, 6) is 3.55. The summed E-state index contributed by atoms with van der Waals surface area (Å²) in [5.41, 5.74) is 4.80. The lowest BCUT2D eigenvalue weighted by Gasteiger charge is -2.49. The molecule has 2 nitrogen and oxygen atoms in total. The van der Waals surface area contributed by atoms with E-state index < -0.39 is 0 Å². The molecule has 25 heavy (non-hydrogen) atoms. The highest BCUT2D eigenvalue weighted by Gasteiger charge is 2.59. The number of allylic oxidation sites excluding steroid dienone is 4. The standard InChI is InChI=1S/C23H30O2/c1-13-11-20-19-7-5-15-12-16(24)6-8-17(15)18(19)9-10-23(20,2)21(13)22(25)14-3-4-14/h12-14,19-21H,3-11H2,1-2H3/t13?,19-,20+,21?,23+/m1/s1. The minimum Gasteiger partial charge on any atom is -0.299 e. The van der Waals surface area contributed by atoms with E-state index in [9.17, 15) is 9.59 Å². The van der Waals surface area contributed by atoms with Crippen LogP contribution in [0.3, 0.4) is 0 Å². The Morgan fingerprint density at radius 2 is 1.92 bits per heavy atom. The maximum absolute atomic E-state index is 13.0. The number of Topliss-reactive ketones (excluding diaryl/α,β-unsaturated/α-hetero) is 1. The zero-order valence-electron chi connectivity index (χ0n) is 15.6. The molecule has 0 radical (unpaired) electrons. The van der Waals surface area contributed by atoms with Gasteiger partial charge in [-0.25, -0.2) is 0 Å². The van der Waals surface area contributed by atoms with E-state index in [0.29, 0.717) is 47.6 Å². The van der Waals surface area contributed by atoms with Crippen LogP contribution in [0.25, 0.3) is 0 Å². The maximum Gasteiger partial charge on any atom is 0.156 e. The van der Waals surface area contributed by atoms with Gasteiger partial charge in [0.1, 0.15) is 5.78 Å². The van der Waals surface area contributed by atoms with Gasteiger partial charge < -0.3 is 0 Å². The number of fused-ring (bicyclic) bond motifs is 4. The van der Waals surface area contributed by atoms with Crippen molar-refractivity contribution in [1.29, 1.82) is 0 Å². The molecule has 5 aliphatic carbocycles. The van der Waals surface area contributed by atoms with Crippen LogP contribution in [0, 0.1) is 35.0 Å². The van der Waals surface area contributed by atoms with E-state index in [-0.39, 0.29) is 5.41 Å². The van der Waals surface area contributed by atoms with E-state index in [1.165, 1.54) is 31.3 Å². The van der Waals surface area contributed by atoms with Crippen molar-refractivity contribution in [2.75, 3.05) is 0 Å². The van der Waals surface area contributed by atoms with Crippen LogP contribution in [0.1, 0.15) is 71.6 Å². The Bertz CT molecular complexity index is 708. The number of ketones is 2. The summed E-state index contributed by atoms with van der Waals surface area (Å²) >= 11 is 0. The summed E-state index contributed by atoms with van der Waals surface area (Å²) in [6.07, 6.45) is 11.8. The Kier molecular flexibility index (Phi) is 3.47. The second-order valence-electron chi connectivity index (χ2n) is 9.76. The first-order valence-corrected chi connectivity index (χ1v) is 10.5. The molecule has 5 aliphatic rings. The third-order valence-corrected chi connectivity index (χ3v) is 8.36. The van der Waals surface area contributed by atoms with Crippen molar-refractivity contribution in [3.8, 4) is 0 Å². The summed E-state index contributed by atoms with van der Waals surface area (Å²) in [6, 6.07) is 0. The Morgan fingerprint density at radius 3 is 2.68 bits per heavy atom. The topological polar surface area (TPSA) is 34.1 Å². The van der Waals surface area contributed by atoms with Gasteiger partial charge in [-0.05, 0) is 91.8 Å². The van der Waals surface area contributed by atoms with Crippen LogP contribution in [0.15, 0.2) is 22.8 Å². The molecule has 0 aromatic rings. The lowest BCUT2D eigenvalue weighted by Crippen LogP contribution is -2.43. The predicted molar refractivity (Wildman–Crippen MR) is 97.9 cm³/mol. The summed E-state index contributed by atoms with van der Waals surface area (Å²) in [5, 5.41) is 0. The zero-order valence-corrected chi connectivity index (χ0v) is 15.6. The minimum atomic E-state index is 0.222. The van der Waals surface area contributed by atoms with Gasteiger partial charge in [0, 0.05) is 18.3 Å². The van der Waals surface area contributed by atoms with E-state index in [4.69, 9.17) is 0 Å². The molecular weight excluding hydrogens is 308 g/mol. The van der Waals surface area contributed by atoms with Gasteiger partial charge >= 0.3 is 0 Å². The van der Waals surface area contributed by atoms with Gasteiger partial charge in [0.15, 0.2) is 5.78 Å². The first-order valence-electron chi connectivity index (χ1n) is 10.5. The molecule has 134 valence electrons. The smallest absolute Gasteiger partial charge is 0.156 e. The summed E-state index contributed by atoms with van der Waals surface area (Å²) in [4.78, 5) is 24.8. The van der Waals surface area contributed by atoms with E-state index in [1.54, 1.807) is 11.1 Å². The summed E-state index contributed by atoms with van der Waals surface area (Å²) < 4.78 is 0. The van der Waals surface area contributed by atoms with Crippen molar-refractivity contribution in [2.24, 2.45) is 35.0 Å². The minimum absolute atomic E-state index is 0.222. The van der Waals surface area contributed by atoms with Crippen LogP contribution in [-0.2, 0) is 9.59 Å². The van der Waals surface area contributed by atoms with Gasteiger partial charge in [-0.3, -0.25) is 9.59 Å². The molecule has 0 bridgehead atoms. The Labute approximate surface area is 151 Å². The van der Waals surface area contributed by atoms with Crippen LogP contribution in [0.5, 0.6) is 0 Å². The highest BCUT2D eigenvalue weighted by molar-refractivity contribution is 5.93. The average molecular weight is 338 g/mol. The Morgan fingerprint density at radius 1 is 1.12 bits per heavy atom. The lowest BCUT2D eigenvalue weighted by atomic mass is 9.55. The molecule has 0 N–H and O–H groups in total. The molecule has 5 rings (SSSR count). The highest BCUT2D eigenvalue weighted by atomic mass is 16.1. The SMILES string of the molecule is CC1C[C@H]2[C@@H]3CCC4=CC(=O)CCC4=C3CC[C@]2(C)C1C(=O)C1CC1. The fourth-order valence-corrected chi connectivity index (χ4v) is 7.12. The van der Waals surface area contributed by atoms with Crippen molar-refractivity contribution in [1.82, 2.24) is 0 Å². The second-order valence-corrected chi connectivity index (χ2v) is 9.76. The van der Waals surface area contributed by atoms with Crippen LogP contribution in [-0.4, -0.2) is 11.6 Å². The van der Waals surface area contributed by atoms with Crippen molar-refractivity contribution < 1.29 is 9.59 Å². The van der Waals surface area contributed by atoms with Gasteiger partial charge in [-0.1, -0.05) is 19.4 Å². The molecule has 5 atom stereocenters. The van der Waals surface area contributed by atoms with Crippen LogP contribution in [0.2, 0.25) is 0 Å². The van der Waals surface area contributed by atoms with Crippen LogP contribution < -0.4 is 0 Å². The molecular formula is C23H30O2. The van der Waals surface area contributed by atoms with E-state index in [0.717, 1.165) is 25.7 Å². The number of carbonyl (C=O) groups is 2. The molecule has 0 aliphatic heterocycles. The molecule has 0 aromatic carbocycles. The third kappa shape index (κ3) is 2.28. The zero-order chi connectivity index (χ0) is 17.3. The van der Waals surface area contributed by atoms with Crippen molar-refractivity contribution in [3.63, 3.8) is 0 Å². The fraction of sp³-hybridized carbons (Fsp3) is 0.739. The second kappa shape index (κ2) is 5.41. The number of hydrogen-bond donors (Lipinski definition) is 0. The third-order valence-electron chi connectivity index (χ3n) is 8.36. The largest absolute Gasteiger partial charge is 0.299 e. The molecule has 2 unspecified atom stereocenters. The van der Waals surface area contributed by atoms with E-state index in [1.807, 2.05) is 6.08 Å². The number of hydrogen-bond acceptors (Lipinski definition) is 2. The number of rotatable bonds is 2. The van der Waals surface area contributed by atoms with Gasteiger partial charge in [0.2, 0.25) is 0 Å². The summed E-state index contributed by atoms with van der Waals surface area (Å²) in [7, 11) is 0. The summed E-state index contributed by atoms with van der Waals surface area (Å²) in [6.45, 7) is 4.79. The Hall–Kier alpha value is -1.18. The highest BCUT2D eigenvalue weighted by Crippen LogP contribution is 2.64. The van der Waals surface area contributed by atoms with Gasteiger partial charge in [-0.2, -0.15) is 0 Å². The van der Waals surface area contributed by atoms with Crippen LogP contribution >= 0.6 is 0 Å². The lowest BCUT2D eigenvalue weighted by molar-refractivity contribution is -0.130. The molecule has 2 heteroatoms. The molecule has 0 spiro atoms. The molecule has 3 saturated carbocycles. The predicted octanol–water partition coefficient (Wildman–Crippen LogP) is 5.03. The van der Waals surface area contributed by atoms with E-state index >= 15 is 0 Å². The molecule has 0 amide bonds. The van der Waals surface area contributed by atoms with Gasteiger partial charge in [0.25, 0.3) is 0 Å². The van der Waals surface area contributed by atoms with E-state index in [2.05, 4.69) is 13.8 Å². The molecule has 0 saturated heterocycles. The molecule has 0 heterocycles. The van der Waals surface area contributed by atoms with Crippen molar-refractivity contribution in [2.45, 2.75) is 71.6 Å². The number of carbonyl (C=O) groups excluding carboxylic acids is 2. The van der Waals surface area contributed by atoms with Crippen molar-refractivity contribution >= 4 is 11.6 Å². The van der Waals surface area contributed by atoms with Gasteiger partial charge in [-0.15, -0.1) is 0 Å². The fourth-order valence-electron chi connectivity index (χ4n) is 7.12. The van der Waals surface area contributed by atoms with Crippen molar-refractivity contribution in [3.05, 3.63) is 22.8 Å². The first kappa shape index (κ1) is 16.0. The monoisotopic (exact) mass is 338 g/mol. The Balaban J connectivity index is 1.51. The molecule has 0 aromatic heterocycles. The first-order chi connectivity index (χ1) is 12.0. The quantitative estimate of drug-likeness (QED) is 0.707.